The van der Waals surface area contributed by atoms with Crippen molar-refractivity contribution in [2.45, 2.75) is 6.42 Å². The quantitative estimate of drug-likeness (QED) is 0.805. The van der Waals surface area contributed by atoms with Crippen LogP contribution in [0.25, 0.3) is 0 Å². The molecule has 0 radical (unpaired) electrons. The Morgan fingerprint density at radius 1 is 1.35 bits per heavy atom. The molecular weight excluding hydrogens is 222 g/mol. The highest BCUT2D eigenvalue weighted by atomic mass is 16.4. The number of anilines is 1. The Labute approximate surface area is 96.7 Å². The summed E-state index contributed by atoms with van der Waals surface area (Å²) in [4.78, 5) is 22.1. The lowest BCUT2D eigenvalue weighted by Gasteiger charge is -2.06. The molecule has 0 aliphatic heterocycles. The number of hydrogen-bond donors (Lipinski definition) is 2. The van der Waals surface area contributed by atoms with Crippen molar-refractivity contribution in [1.29, 1.82) is 10.5 Å². The first kappa shape index (κ1) is 12.2. The summed E-state index contributed by atoms with van der Waals surface area (Å²) in [5.41, 5.74) is 0.0628. The number of benzene rings is 1. The molecule has 1 rings (SSSR count). The van der Waals surface area contributed by atoms with E-state index in [0.29, 0.717) is 0 Å². The van der Waals surface area contributed by atoms with Crippen molar-refractivity contribution in [2.24, 2.45) is 0 Å². The number of hydrogen-bond acceptors (Lipinski definition) is 4. The predicted molar refractivity (Wildman–Crippen MR) is 57.0 cm³/mol. The van der Waals surface area contributed by atoms with Crippen LogP contribution in [0.1, 0.15) is 22.3 Å². The molecule has 0 atom stereocenters. The summed E-state index contributed by atoms with van der Waals surface area (Å²) in [5.74, 6) is -1.85. The second-order valence-corrected chi connectivity index (χ2v) is 3.06. The summed E-state index contributed by atoms with van der Waals surface area (Å²) in [6.45, 7) is 0. The summed E-state index contributed by atoms with van der Waals surface area (Å²) in [6.07, 6.45) is -0.362. The smallest absolute Gasteiger partial charge is 0.337 e. The van der Waals surface area contributed by atoms with E-state index in [1.165, 1.54) is 12.1 Å². The van der Waals surface area contributed by atoms with Gasteiger partial charge in [0.05, 0.1) is 29.0 Å². The fourth-order valence-electron chi connectivity index (χ4n) is 1.17. The molecule has 2 N–H and O–H groups in total. The Kier molecular flexibility index (Phi) is 3.80. The van der Waals surface area contributed by atoms with Gasteiger partial charge in [-0.1, -0.05) is 0 Å². The number of nitriles is 2. The largest absolute Gasteiger partial charge is 0.478 e. The van der Waals surface area contributed by atoms with Gasteiger partial charge in [0.15, 0.2) is 0 Å². The predicted octanol–water partition coefficient (Wildman–Crippen LogP) is 1.11. The van der Waals surface area contributed by atoms with Crippen LogP contribution in [0.15, 0.2) is 18.2 Å². The van der Waals surface area contributed by atoms with E-state index in [9.17, 15) is 9.59 Å². The molecule has 0 aliphatic carbocycles. The third kappa shape index (κ3) is 3.05. The van der Waals surface area contributed by atoms with Crippen LogP contribution in [0.2, 0.25) is 0 Å². The van der Waals surface area contributed by atoms with Crippen molar-refractivity contribution in [3.8, 4) is 12.1 Å². The Bertz CT molecular complexity index is 552. The van der Waals surface area contributed by atoms with E-state index in [2.05, 4.69) is 5.32 Å². The molecule has 6 nitrogen and oxygen atoms in total. The number of aromatic carboxylic acids is 1. The molecule has 1 amide bonds. The first-order valence-corrected chi connectivity index (χ1v) is 4.52. The number of nitrogens with one attached hydrogen (secondary N) is 1. The zero-order valence-corrected chi connectivity index (χ0v) is 8.60. The average molecular weight is 229 g/mol. The fraction of sp³-hybridized carbons (Fsp3) is 0.0909. The molecule has 0 bridgehead atoms. The minimum atomic E-state index is -1.26. The van der Waals surface area contributed by atoms with Crippen LogP contribution in [-0.4, -0.2) is 17.0 Å². The van der Waals surface area contributed by atoms with Gasteiger partial charge in [0.2, 0.25) is 5.91 Å². The normalized spacial score (nSPS) is 8.82. The Morgan fingerprint density at radius 2 is 2.06 bits per heavy atom. The van der Waals surface area contributed by atoms with E-state index >= 15 is 0 Å². The molecule has 0 unspecified atom stereocenters. The molecule has 0 saturated heterocycles. The summed E-state index contributed by atoms with van der Waals surface area (Å²) in [7, 11) is 0. The lowest BCUT2D eigenvalue weighted by molar-refractivity contribution is -0.115. The van der Waals surface area contributed by atoms with E-state index in [1.54, 1.807) is 12.1 Å². The molecule has 1 aromatic carbocycles. The lowest BCUT2D eigenvalue weighted by atomic mass is 10.1. The molecule has 1 aromatic rings. The molecule has 17 heavy (non-hydrogen) atoms. The maximum atomic E-state index is 11.2. The standard InChI is InChI=1S/C11H7N3O3/c12-4-3-10(15)14-9-2-1-7(6-13)5-8(9)11(16)17/h1-2,5H,3H2,(H,14,15)(H,16,17). The number of carbonyl (C=O) groups is 2. The lowest BCUT2D eigenvalue weighted by Crippen LogP contribution is -2.13. The molecular formula is C11H7N3O3. The second kappa shape index (κ2) is 5.29. The van der Waals surface area contributed by atoms with Gasteiger partial charge in [-0.05, 0) is 18.2 Å². The van der Waals surface area contributed by atoms with Gasteiger partial charge >= 0.3 is 5.97 Å². The van der Waals surface area contributed by atoms with Crippen LogP contribution < -0.4 is 5.32 Å². The molecule has 0 aliphatic rings. The Morgan fingerprint density at radius 3 is 2.59 bits per heavy atom. The van der Waals surface area contributed by atoms with Crippen LogP contribution in [0.4, 0.5) is 5.69 Å². The van der Waals surface area contributed by atoms with Crippen LogP contribution >= 0.6 is 0 Å². The van der Waals surface area contributed by atoms with Gasteiger partial charge in [-0.15, -0.1) is 0 Å². The van der Waals surface area contributed by atoms with E-state index < -0.39 is 11.9 Å². The van der Waals surface area contributed by atoms with E-state index in [0.717, 1.165) is 6.07 Å². The SMILES string of the molecule is N#CCC(=O)Nc1ccc(C#N)cc1C(=O)O. The highest BCUT2D eigenvalue weighted by molar-refractivity contribution is 6.01. The second-order valence-electron chi connectivity index (χ2n) is 3.06. The van der Waals surface area contributed by atoms with Crippen molar-refractivity contribution in [3.63, 3.8) is 0 Å². The van der Waals surface area contributed by atoms with Crippen molar-refractivity contribution in [1.82, 2.24) is 0 Å². The van der Waals surface area contributed by atoms with Crippen LogP contribution in [0, 0.1) is 22.7 Å². The first-order chi connectivity index (χ1) is 8.08. The average Bonchev–Trinajstić information content (AvgIpc) is 2.29. The minimum Gasteiger partial charge on any atom is -0.478 e. The third-order valence-corrected chi connectivity index (χ3v) is 1.89. The van der Waals surface area contributed by atoms with Gasteiger partial charge in [-0.25, -0.2) is 4.79 Å². The van der Waals surface area contributed by atoms with Gasteiger partial charge in [-0.3, -0.25) is 4.79 Å². The molecule has 0 fully saturated rings. The van der Waals surface area contributed by atoms with Crippen LogP contribution in [0.3, 0.4) is 0 Å². The molecule has 0 aromatic heterocycles. The highest BCUT2D eigenvalue weighted by Gasteiger charge is 2.13. The van der Waals surface area contributed by atoms with Crippen molar-refractivity contribution in [3.05, 3.63) is 29.3 Å². The van der Waals surface area contributed by atoms with Gasteiger partial charge in [0.25, 0.3) is 0 Å². The zero-order chi connectivity index (χ0) is 12.8. The zero-order valence-electron chi connectivity index (χ0n) is 8.60. The monoisotopic (exact) mass is 229 g/mol. The molecule has 84 valence electrons. The number of rotatable bonds is 3. The molecule has 0 spiro atoms. The van der Waals surface area contributed by atoms with E-state index in [1.807, 2.05) is 0 Å². The molecule has 6 heteroatoms. The van der Waals surface area contributed by atoms with Crippen molar-refractivity contribution >= 4 is 17.6 Å². The maximum absolute atomic E-state index is 11.2. The van der Waals surface area contributed by atoms with Crippen molar-refractivity contribution in [2.75, 3.05) is 5.32 Å². The van der Waals surface area contributed by atoms with E-state index in [-0.39, 0.29) is 23.2 Å². The molecule has 0 saturated carbocycles. The maximum Gasteiger partial charge on any atom is 0.337 e. The Hall–Kier alpha value is -2.86. The fourth-order valence-corrected chi connectivity index (χ4v) is 1.17. The number of amides is 1. The van der Waals surface area contributed by atoms with Crippen LogP contribution in [0.5, 0.6) is 0 Å². The van der Waals surface area contributed by atoms with Crippen LogP contribution in [-0.2, 0) is 4.79 Å². The minimum absolute atomic E-state index is 0.0664. The van der Waals surface area contributed by atoms with Gasteiger partial charge in [0, 0.05) is 0 Å². The van der Waals surface area contributed by atoms with E-state index in [4.69, 9.17) is 15.6 Å². The van der Waals surface area contributed by atoms with Gasteiger partial charge in [0.1, 0.15) is 6.42 Å². The number of carboxylic acids is 1. The number of carbonyl (C=O) groups excluding carboxylic acids is 1. The Balaban J connectivity index is 3.08. The number of carboxylic acid groups (broad SMARTS) is 1. The van der Waals surface area contributed by atoms with Gasteiger partial charge < -0.3 is 10.4 Å². The number of nitrogens with zero attached hydrogens (tertiary/aromatic N) is 2. The van der Waals surface area contributed by atoms with Gasteiger partial charge in [-0.2, -0.15) is 10.5 Å². The summed E-state index contributed by atoms with van der Waals surface area (Å²) in [6, 6.07) is 7.30. The third-order valence-electron chi connectivity index (χ3n) is 1.89. The summed E-state index contributed by atoms with van der Waals surface area (Å²) < 4.78 is 0. The summed E-state index contributed by atoms with van der Waals surface area (Å²) in [5, 5.41) is 28.1. The topological polar surface area (TPSA) is 114 Å². The molecule has 0 heterocycles. The summed E-state index contributed by atoms with van der Waals surface area (Å²) >= 11 is 0. The highest BCUT2D eigenvalue weighted by Crippen LogP contribution is 2.17. The van der Waals surface area contributed by atoms with Crippen molar-refractivity contribution < 1.29 is 14.7 Å². The first-order valence-electron chi connectivity index (χ1n) is 4.52.